The molecule has 3 aromatic rings. The third-order valence-corrected chi connectivity index (χ3v) is 3.69. The molecule has 0 saturated heterocycles. The molecule has 0 N–H and O–H groups in total. The molecule has 1 aromatic heterocycles. The van der Waals surface area contributed by atoms with Crippen molar-refractivity contribution >= 4 is 17.4 Å². The van der Waals surface area contributed by atoms with Crippen LogP contribution in [-0.2, 0) is 0 Å². The number of benzene rings is 2. The van der Waals surface area contributed by atoms with Gasteiger partial charge in [-0.05, 0) is 30.3 Å². The molecule has 0 radical (unpaired) electrons. The molecule has 0 saturated carbocycles. The SMILES string of the molecule is O=C(c1ccc2c(c1)OCO2)c1nnc(-c2ccccc2Cl)o1. The number of rotatable bonds is 3. The highest BCUT2D eigenvalue weighted by molar-refractivity contribution is 6.33. The number of hydrogen-bond acceptors (Lipinski definition) is 6. The number of halogens is 1. The van der Waals surface area contributed by atoms with Crippen molar-refractivity contribution < 1.29 is 18.7 Å². The predicted octanol–water partition coefficient (Wildman–Crippen LogP) is 3.35. The van der Waals surface area contributed by atoms with E-state index in [0.29, 0.717) is 27.6 Å². The molecule has 6 nitrogen and oxygen atoms in total. The molecule has 7 heteroatoms. The molecule has 1 aliphatic rings. The number of aromatic nitrogens is 2. The molecular weight excluding hydrogens is 320 g/mol. The van der Waals surface area contributed by atoms with Crippen LogP contribution in [0.1, 0.15) is 16.2 Å². The zero-order chi connectivity index (χ0) is 15.8. The molecule has 0 aliphatic carbocycles. The van der Waals surface area contributed by atoms with Crippen LogP contribution < -0.4 is 9.47 Å². The second-order valence-electron chi connectivity index (χ2n) is 4.79. The summed E-state index contributed by atoms with van der Waals surface area (Å²) in [6.07, 6.45) is 0. The number of fused-ring (bicyclic) bond motifs is 1. The number of nitrogens with zero attached hydrogens (tertiary/aromatic N) is 2. The van der Waals surface area contributed by atoms with Crippen molar-refractivity contribution in [2.45, 2.75) is 0 Å². The second kappa shape index (κ2) is 5.40. The zero-order valence-corrected chi connectivity index (χ0v) is 12.4. The van der Waals surface area contributed by atoms with Crippen LogP contribution in [0, 0.1) is 0 Å². The summed E-state index contributed by atoms with van der Waals surface area (Å²) < 4.78 is 15.9. The lowest BCUT2D eigenvalue weighted by molar-refractivity contribution is 0.100. The van der Waals surface area contributed by atoms with Crippen LogP contribution in [0.5, 0.6) is 11.5 Å². The smallest absolute Gasteiger partial charge is 0.289 e. The summed E-state index contributed by atoms with van der Waals surface area (Å²) in [5, 5.41) is 8.17. The van der Waals surface area contributed by atoms with E-state index in [1.807, 2.05) is 0 Å². The lowest BCUT2D eigenvalue weighted by Gasteiger charge is -1.99. The minimum absolute atomic E-state index is 0.112. The standard InChI is InChI=1S/C16H9ClN2O4/c17-11-4-2-1-3-10(11)15-18-19-16(23-15)14(20)9-5-6-12-13(7-9)22-8-21-12/h1-7H,8H2. The van der Waals surface area contributed by atoms with Crippen molar-refractivity contribution in [3.05, 3.63) is 58.9 Å². The minimum atomic E-state index is -0.394. The summed E-state index contributed by atoms with van der Waals surface area (Å²) in [6, 6.07) is 11.9. The second-order valence-corrected chi connectivity index (χ2v) is 5.20. The van der Waals surface area contributed by atoms with Gasteiger partial charge in [0.1, 0.15) is 0 Å². The van der Waals surface area contributed by atoms with Gasteiger partial charge in [0.25, 0.3) is 5.89 Å². The Hall–Kier alpha value is -2.86. The van der Waals surface area contributed by atoms with E-state index in [2.05, 4.69) is 10.2 Å². The summed E-state index contributed by atoms with van der Waals surface area (Å²) in [6.45, 7) is 0.143. The van der Waals surface area contributed by atoms with Gasteiger partial charge < -0.3 is 13.9 Å². The monoisotopic (exact) mass is 328 g/mol. The van der Waals surface area contributed by atoms with Gasteiger partial charge in [-0.2, -0.15) is 0 Å². The quantitative estimate of drug-likeness (QED) is 0.686. The first-order chi connectivity index (χ1) is 11.2. The number of carbonyl (C=O) groups is 1. The Balaban J connectivity index is 1.66. The Morgan fingerprint density at radius 3 is 2.74 bits per heavy atom. The van der Waals surface area contributed by atoms with Gasteiger partial charge in [0, 0.05) is 5.56 Å². The highest BCUT2D eigenvalue weighted by Gasteiger charge is 2.22. The van der Waals surface area contributed by atoms with Crippen molar-refractivity contribution in [1.29, 1.82) is 0 Å². The molecule has 2 aromatic carbocycles. The fourth-order valence-electron chi connectivity index (χ4n) is 2.22. The molecule has 1 aliphatic heterocycles. The molecule has 114 valence electrons. The van der Waals surface area contributed by atoms with Gasteiger partial charge in [-0.25, -0.2) is 0 Å². The van der Waals surface area contributed by atoms with Crippen LogP contribution in [0.15, 0.2) is 46.9 Å². The lowest BCUT2D eigenvalue weighted by Crippen LogP contribution is -2.01. The van der Waals surface area contributed by atoms with E-state index in [-0.39, 0.29) is 18.6 Å². The topological polar surface area (TPSA) is 74.5 Å². The Bertz CT molecular complexity index is 907. The van der Waals surface area contributed by atoms with E-state index in [9.17, 15) is 4.79 Å². The van der Waals surface area contributed by atoms with E-state index in [1.165, 1.54) is 0 Å². The molecule has 0 spiro atoms. The number of ketones is 1. The first-order valence-electron chi connectivity index (χ1n) is 6.75. The average Bonchev–Trinajstić information content (AvgIpc) is 3.23. The van der Waals surface area contributed by atoms with Crippen molar-refractivity contribution in [2.75, 3.05) is 6.79 Å². The molecule has 4 rings (SSSR count). The van der Waals surface area contributed by atoms with Crippen molar-refractivity contribution in [2.24, 2.45) is 0 Å². The molecule has 0 amide bonds. The van der Waals surface area contributed by atoms with Gasteiger partial charge in [-0.15, -0.1) is 10.2 Å². The molecular formula is C16H9ClN2O4. The Morgan fingerprint density at radius 2 is 1.87 bits per heavy atom. The molecule has 0 unspecified atom stereocenters. The fourth-order valence-corrected chi connectivity index (χ4v) is 2.44. The summed E-state index contributed by atoms with van der Waals surface area (Å²) in [4.78, 5) is 12.5. The largest absolute Gasteiger partial charge is 0.454 e. The maximum absolute atomic E-state index is 12.5. The fraction of sp³-hybridized carbons (Fsp3) is 0.0625. The first kappa shape index (κ1) is 13.8. The molecule has 0 atom stereocenters. The zero-order valence-electron chi connectivity index (χ0n) is 11.7. The Morgan fingerprint density at radius 1 is 1.04 bits per heavy atom. The first-order valence-corrected chi connectivity index (χ1v) is 7.13. The maximum Gasteiger partial charge on any atom is 0.289 e. The van der Waals surface area contributed by atoms with Gasteiger partial charge in [-0.3, -0.25) is 4.79 Å². The minimum Gasteiger partial charge on any atom is -0.454 e. The third-order valence-electron chi connectivity index (χ3n) is 3.36. The van der Waals surface area contributed by atoms with Crippen LogP contribution in [0.25, 0.3) is 11.5 Å². The van der Waals surface area contributed by atoms with E-state index in [0.717, 1.165) is 0 Å². The van der Waals surface area contributed by atoms with E-state index in [1.54, 1.807) is 42.5 Å². The Labute approximate surface area is 135 Å². The number of carbonyl (C=O) groups excluding carboxylic acids is 1. The molecule has 0 fully saturated rings. The normalized spacial score (nSPS) is 12.4. The van der Waals surface area contributed by atoms with Gasteiger partial charge in [0.15, 0.2) is 11.5 Å². The summed E-state index contributed by atoms with van der Waals surface area (Å²) in [5.74, 6) is 0.804. The van der Waals surface area contributed by atoms with E-state index < -0.39 is 5.78 Å². The van der Waals surface area contributed by atoms with Crippen LogP contribution in [0.2, 0.25) is 5.02 Å². The Kier molecular flexibility index (Phi) is 3.24. The van der Waals surface area contributed by atoms with E-state index in [4.69, 9.17) is 25.5 Å². The summed E-state index contributed by atoms with van der Waals surface area (Å²) in [7, 11) is 0. The lowest BCUT2D eigenvalue weighted by atomic mass is 10.1. The van der Waals surface area contributed by atoms with Crippen LogP contribution in [0.4, 0.5) is 0 Å². The van der Waals surface area contributed by atoms with Crippen LogP contribution in [0.3, 0.4) is 0 Å². The molecule has 0 bridgehead atoms. The third kappa shape index (κ3) is 2.43. The van der Waals surface area contributed by atoms with Gasteiger partial charge in [-0.1, -0.05) is 23.7 Å². The van der Waals surface area contributed by atoms with Crippen molar-refractivity contribution in [3.63, 3.8) is 0 Å². The maximum atomic E-state index is 12.5. The van der Waals surface area contributed by atoms with Gasteiger partial charge in [0.2, 0.25) is 18.5 Å². The number of ether oxygens (including phenoxy) is 2. The number of hydrogen-bond donors (Lipinski definition) is 0. The van der Waals surface area contributed by atoms with Crippen LogP contribution >= 0.6 is 11.6 Å². The summed E-state index contributed by atoms with van der Waals surface area (Å²) in [5.41, 5.74) is 0.954. The highest BCUT2D eigenvalue weighted by atomic mass is 35.5. The van der Waals surface area contributed by atoms with Gasteiger partial charge >= 0.3 is 0 Å². The highest BCUT2D eigenvalue weighted by Crippen LogP contribution is 2.33. The summed E-state index contributed by atoms with van der Waals surface area (Å²) >= 11 is 6.09. The van der Waals surface area contributed by atoms with Crippen molar-refractivity contribution in [3.8, 4) is 23.0 Å². The molecule has 23 heavy (non-hydrogen) atoms. The molecule has 2 heterocycles. The average molecular weight is 329 g/mol. The van der Waals surface area contributed by atoms with Crippen molar-refractivity contribution in [1.82, 2.24) is 10.2 Å². The van der Waals surface area contributed by atoms with Gasteiger partial charge in [0.05, 0.1) is 10.6 Å². The predicted molar refractivity (Wildman–Crippen MR) is 80.7 cm³/mol. The van der Waals surface area contributed by atoms with Crippen LogP contribution in [-0.4, -0.2) is 22.8 Å². The van der Waals surface area contributed by atoms with E-state index >= 15 is 0 Å².